The lowest BCUT2D eigenvalue weighted by Gasteiger charge is -2.50. The quantitative estimate of drug-likeness (QED) is 0.647. The third-order valence-electron chi connectivity index (χ3n) is 7.13. The van der Waals surface area contributed by atoms with Crippen LogP contribution in [0.5, 0.6) is 0 Å². The van der Waals surface area contributed by atoms with Gasteiger partial charge in [0.05, 0.1) is 59.6 Å². The molecule has 0 amide bonds. The maximum absolute atomic E-state index is 7.00. The van der Waals surface area contributed by atoms with E-state index in [-0.39, 0.29) is 5.54 Å². The Hall–Kier alpha value is -2.13. The topological polar surface area (TPSA) is 71.6 Å². The highest BCUT2D eigenvalue weighted by molar-refractivity contribution is 6.34. The van der Waals surface area contributed by atoms with E-state index in [1.54, 1.807) is 0 Å². The van der Waals surface area contributed by atoms with Gasteiger partial charge < -0.3 is 14.7 Å². The highest BCUT2D eigenvalue weighted by Gasteiger charge is 2.40. The summed E-state index contributed by atoms with van der Waals surface area (Å²) in [6, 6.07) is 4.78. The molecule has 2 aliphatic heterocycles. The zero-order valence-electron chi connectivity index (χ0n) is 18.7. The summed E-state index contributed by atoms with van der Waals surface area (Å²) >= 11 is 6.70. The standard InChI is InChI=1S/C22H27ClN6O.CH4O/c1-22(14-30-15-22)27-7-5-26(6-8-27)21-10-20-16(9-19(21)23)11-25-29(20)18-12-24-28(13-18)17-3-2-4-17;1-2/h9-13,17H,2-8,14-15H2,1H3;2H,1H3. The van der Waals surface area contributed by atoms with E-state index in [0.29, 0.717) is 6.04 Å². The van der Waals surface area contributed by atoms with Crippen LogP contribution in [0.1, 0.15) is 32.2 Å². The van der Waals surface area contributed by atoms with Gasteiger partial charge >= 0.3 is 0 Å². The highest BCUT2D eigenvalue weighted by Crippen LogP contribution is 2.35. The minimum atomic E-state index is 0.207. The van der Waals surface area contributed by atoms with Crippen LogP contribution in [0.3, 0.4) is 0 Å². The molecule has 3 aliphatic rings. The second-order valence-corrected chi connectivity index (χ2v) is 9.55. The van der Waals surface area contributed by atoms with Crippen molar-refractivity contribution >= 4 is 28.2 Å². The number of ether oxygens (including phenoxy) is 1. The van der Waals surface area contributed by atoms with E-state index in [1.165, 1.54) is 19.3 Å². The van der Waals surface area contributed by atoms with E-state index in [2.05, 4.69) is 43.9 Å². The van der Waals surface area contributed by atoms with Crippen LogP contribution in [-0.2, 0) is 4.74 Å². The maximum Gasteiger partial charge on any atom is 0.103 e. The van der Waals surface area contributed by atoms with Crippen molar-refractivity contribution < 1.29 is 9.84 Å². The van der Waals surface area contributed by atoms with E-state index >= 15 is 0 Å². The first-order valence-corrected chi connectivity index (χ1v) is 11.7. The molecule has 1 saturated carbocycles. The number of halogens is 1. The van der Waals surface area contributed by atoms with Crippen molar-refractivity contribution in [3.8, 4) is 5.69 Å². The number of aliphatic hydroxyl groups excluding tert-OH is 1. The lowest BCUT2D eigenvalue weighted by atomic mass is 9.93. The average Bonchev–Trinajstić information content (AvgIpc) is 3.38. The lowest BCUT2D eigenvalue weighted by molar-refractivity contribution is -0.131. The molecular weight excluding hydrogens is 428 g/mol. The lowest BCUT2D eigenvalue weighted by Crippen LogP contribution is -2.64. The van der Waals surface area contributed by atoms with Gasteiger partial charge in [-0.3, -0.25) is 9.58 Å². The molecule has 172 valence electrons. The molecule has 1 aliphatic carbocycles. The van der Waals surface area contributed by atoms with Crippen LogP contribution in [0.25, 0.3) is 16.6 Å². The van der Waals surface area contributed by atoms with Crippen LogP contribution in [0, 0.1) is 0 Å². The molecule has 2 aromatic heterocycles. The summed E-state index contributed by atoms with van der Waals surface area (Å²) < 4.78 is 9.53. The smallest absolute Gasteiger partial charge is 0.103 e. The molecule has 0 unspecified atom stereocenters. The number of aromatic nitrogens is 4. The fourth-order valence-corrected chi connectivity index (χ4v) is 5.13. The molecule has 0 spiro atoms. The van der Waals surface area contributed by atoms with E-state index in [4.69, 9.17) is 21.4 Å². The molecule has 0 bridgehead atoms. The Morgan fingerprint density at radius 2 is 1.81 bits per heavy atom. The first-order valence-electron chi connectivity index (χ1n) is 11.4. The van der Waals surface area contributed by atoms with E-state index in [1.807, 2.05) is 23.1 Å². The number of aliphatic hydroxyl groups is 1. The van der Waals surface area contributed by atoms with Crippen molar-refractivity contribution in [2.45, 2.75) is 37.8 Å². The molecule has 3 fully saturated rings. The number of anilines is 1. The minimum absolute atomic E-state index is 0.207. The molecule has 1 aromatic carbocycles. The third kappa shape index (κ3) is 3.69. The molecule has 0 radical (unpaired) electrons. The van der Waals surface area contributed by atoms with Crippen molar-refractivity contribution in [1.82, 2.24) is 24.5 Å². The zero-order chi connectivity index (χ0) is 22.3. The van der Waals surface area contributed by atoms with E-state index in [9.17, 15) is 0 Å². The summed E-state index contributed by atoms with van der Waals surface area (Å²) in [5.41, 5.74) is 3.38. The Kier molecular flexibility index (Phi) is 5.88. The van der Waals surface area contributed by atoms with E-state index < -0.39 is 0 Å². The molecule has 0 atom stereocenters. The van der Waals surface area contributed by atoms with E-state index in [0.717, 1.165) is 73.8 Å². The minimum Gasteiger partial charge on any atom is -0.400 e. The van der Waals surface area contributed by atoms with Gasteiger partial charge in [-0.05, 0) is 38.3 Å². The summed E-state index contributed by atoms with van der Waals surface area (Å²) in [4.78, 5) is 4.95. The summed E-state index contributed by atoms with van der Waals surface area (Å²) in [5.74, 6) is 0. The fraction of sp³-hybridized carbons (Fsp3) is 0.565. The largest absolute Gasteiger partial charge is 0.400 e. The second kappa shape index (κ2) is 8.67. The summed E-state index contributed by atoms with van der Waals surface area (Å²) in [6.45, 7) is 7.97. The Balaban J connectivity index is 0.00000105. The van der Waals surface area contributed by atoms with Gasteiger partial charge in [-0.2, -0.15) is 10.2 Å². The second-order valence-electron chi connectivity index (χ2n) is 9.15. The molecule has 8 nitrogen and oxygen atoms in total. The number of nitrogens with zero attached hydrogens (tertiary/aromatic N) is 6. The third-order valence-corrected chi connectivity index (χ3v) is 7.43. The number of benzene rings is 1. The maximum atomic E-state index is 7.00. The number of fused-ring (bicyclic) bond motifs is 1. The fourth-order valence-electron chi connectivity index (χ4n) is 4.84. The van der Waals surface area contributed by atoms with Crippen LogP contribution in [0.4, 0.5) is 5.69 Å². The predicted molar refractivity (Wildman–Crippen MR) is 126 cm³/mol. The Labute approximate surface area is 193 Å². The predicted octanol–water partition coefficient (Wildman–Crippen LogP) is 3.12. The van der Waals surface area contributed by atoms with Crippen LogP contribution in [0.2, 0.25) is 5.02 Å². The van der Waals surface area contributed by atoms with Crippen LogP contribution < -0.4 is 4.90 Å². The van der Waals surface area contributed by atoms with Gasteiger partial charge in [0.25, 0.3) is 0 Å². The molecule has 32 heavy (non-hydrogen) atoms. The highest BCUT2D eigenvalue weighted by atomic mass is 35.5. The zero-order valence-corrected chi connectivity index (χ0v) is 19.5. The number of hydrogen-bond acceptors (Lipinski definition) is 6. The van der Waals surface area contributed by atoms with Crippen molar-refractivity contribution in [3.05, 3.63) is 35.7 Å². The Bertz CT molecular complexity index is 1080. The Morgan fingerprint density at radius 1 is 1.06 bits per heavy atom. The molecule has 1 N–H and O–H groups in total. The van der Waals surface area contributed by atoms with Crippen molar-refractivity contribution in [1.29, 1.82) is 0 Å². The van der Waals surface area contributed by atoms with Gasteiger partial charge in [0, 0.05) is 38.7 Å². The molecule has 2 saturated heterocycles. The first-order chi connectivity index (χ1) is 15.6. The van der Waals surface area contributed by atoms with Crippen molar-refractivity contribution in [3.63, 3.8) is 0 Å². The summed E-state index contributed by atoms with van der Waals surface area (Å²) in [5, 5.41) is 18.1. The molecule has 6 rings (SSSR count). The first kappa shape index (κ1) is 21.7. The molecular formula is C23H31ClN6O2. The molecule has 9 heteroatoms. The number of hydrogen-bond donors (Lipinski definition) is 1. The van der Waals surface area contributed by atoms with Crippen LogP contribution in [-0.4, -0.2) is 81.6 Å². The Morgan fingerprint density at radius 3 is 2.44 bits per heavy atom. The van der Waals surface area contributed by atoms with Gasteiger partial charge in [-0.25, -0.2) is 4.68 Å². The van der Waals surface area contributed by atoms with Gasteiger partial charge in [0.2, 0.25) is 0 Å². The normalized spacial score (nSPS) is 21.1. The van der Waals surface area contributed by atoms with Gasteiger partial charge in [-0.1, -0.05) is 11.6 Å². The number of piperazine rings is 1. The SMILES string of the molecule is CC1(N2CCN(c3cc4c(cnn4-c4cnn(C5CCC5)c4)cc3Cl)CC2)COC1.CO. The van der Waals surface area contributed by atoms with Crippen molar-refractivity contribution in [2.75, 3.05) is 51.4 Å². The van der Waals surface area contributed by atoms with Crippen LogP contribution >= 0.6 is 11.6 Å². The summed E-state index contributed by atoms with van der Waals surface area (Å²) in [6.07, 6.45) is 9.66. The van der Waals surface area contributed by atoms with Gasteiger partial charge in [0.1, 0.15) is 5.69 Å². The van der Waals surface area contributed by atoms with Crippen LogP contribution in [0.15, 0.2) is 30.7 Å². The van der Waals surface area contributed by atoms with Gasteiger partial charge in [0.15, 0.2) is 0 Å². The average molecular weight is 459 g/mol. The monoisotopic (exact) mass is 458 g/mol. The number of rotatable bonds is 4. The van der Waals surface area contributed by atoms with Crippen molar-refractivity contribution in [2.24, 2.45) is 0 Å². The molecule has 4 heterocycles. The summed E-state index contributed by atoms with van der Waals surface area (Å²) in [7, 11) is 1.00. The van der Waals surface area contributed by atoms with Gasteiger partial charge in [-0.15, -0.1) is 0 Å². The molecule has 3 aromatic rings.